The van der Waals surface area contributed by atoms with Gasteiger partial charge in [-0.3, -0.25) is 9.59 Å². The summed E-state index contributed by atoms with van der Waals surface area (Å²) < 4.78 is 7.46. The molecule has 0 spiro atoms. The van der Waals surface area contributed by atoms with Gasteiger partial charge in [-0.05, 0) is 61.6 Å². The summed E-state index contributed by atoms with van der Waals surface area (Å²) in [5.74, 6) is 0.345. The number of hydrogen-bond donors (Lipinski definition) is 1. The molecule has 1 aromatic heterocycles. The maximum Gasteiger partial charge on any atom is 0.258 e. The van der Waals surface area contributed by atoms with E-state index in [-0.39, 0.29) is 17.9 Å². The van der Waals surface area contributed by atoms with E-state index >= 15 is 0 Å². The van der Waals surface area contributed by atoms with Crippen LogP contribution in [0.4, 0.5) is 0 Å². The van der Waals surface area contributed by atoms with Gasteiger partial charge in [-0.2, -0.15) is 0 Å². The first-order valence-corrected chi connectivity index (χ1v) is 11.6. The first-order chi connectivity index (χ1) is 16.0. The van der Waals surface area contributed by atoms with Crippen molar-refractivity contribution in [2.75, 3.05) is 7.11 Å². The summed E-state index contributed by atoms with van der Waals surface area (Å²) in [6.45, 7) is 0.466. The molecule has 0 radical (unpaired) electrons. The lowest BCUT2D eigenvalue weighted by atomic mass is 10.1. The molecule has 2 fully saturated rings. The van der Waals surface area contributed by atoms with E-state index in [2.05, 4.69) is 5.32 Å². The van der Waals surface area contributed by atoms with Crippen LogP contribution in [-0.2, 0) is 6.54 Å². The highest BCUT2D eigenvalue weighted by molar-refractivity contribution is 6.33. The lowest BCUT2D eigenvalue weighted by Gasteiger charge is -2.24. The van der Waals surface area contributed by atoms with Gasteiger partial charge in [0.15, 0.2) is 0 Å². The second-order valence-electron chi connectivity index (χ2n) is 8.70. The zero-order valence-electron chi connectivity index (χ0n) is 18.5. The molecule has 7 heteroatoms. The zero-order valence-corrected chi connectivity index (χ0v) is 19.2. The molecule has 2 amide bonds. The van der Waals surface area contributed by atoms with Gasteiger partial charge in [0.25, 0.3) is 11.8 Å². The van der Waals surface area contributed by atoms with Gasteiger partial charge >= 0.3 is 0 Å². The van der Waals surface area contributed by atoms with Crippen molar-refractivity contribution in [2.24, 2.45) is 0 Å². The molecule has 5 rings (SSSR count). The molecule has 0 atom stereocenters. The standard InChI is InChI=1S/C26H26ClN3O3/c1-33-24-15-23(29-12-2-3-13-29)22(27)14-21(24)26(32)30(20-10-11-20)16-17-4-6-18(7-5-17)25(31)28-19-8-9-19/h2-7,12-15,19-20H,8-11,16H2,1H3,(H,28,31). The van der Waals surface area contributed by atoms with Crippen molar-refractivity contribution < 1.29 is 14.3 Å². The fourth-order valence-electron chi connectivity index (χ4n) is 3.93. The van der Waals surface area contributed by atoms with Gasteiger partial charge in [0.05, 0.1) is 23.4 Å². The van der Waals surface area contributed by atoms with Crippen LogP contribution in [0.1, 0.15) is 52.0 Å². The largest absolute Gasteiger partial charge is 0.496 e. The molecule has 3 aromatic rings. The molecule has 0 aliphatic heterocycles. The van der Waals surface area contributed by atoms with Crippen LogP contribution < -0.4 is 10.1 Å². The zero-order chi connectivity index (χ0) is 22.9. The maximum atomic E-state index is 13.6. The van der Waals surface area contributed by atoms with Crippen molar-refractivity contribution in [3.05, 3.63) is 82.6 Å². The Balaban J connectivity index is 1.37. The molecule has 0 bridgehead atoms. The number of methoxy groups -OCH3 is 1. The summed E-state index contributed by atoms with van der Waals surface area (Å²) in [5, 5.41) is 3.48. The van der Waals surface area contributed by atoms with Gasteiger partial charge in [0, 0.05) is 42.7 Å². The van der Waals surface area contributed by atoms with E-state index in [0.717, 1.165) is 36.9 Å². The molecule has 1 heterocycles. The van der Waals surface area contributed by atoms with E-state index in [1.54, 1.807) is 19.2 Å². The Kier molecular flexibility index (Phi) is 5.85. The van der Waals surface area contributed by atoms with Gasteiger partial charge in [-0.1, -0.05) is 23.7 Å². The van der Waals surface area contributed by atoms with E-state index in [9.17, 15) is 9.59 Å². The summed E-state index contributed by atoms with van der Waals surface area (Å²) in [7, 11) is 1.56. The maximum absolute atomic E-state index is 13.6. The van der Waals surface area contributed by atoms with Gasteiger partial charge in [0.2, 0.25) is 0 Å². The number of ether oxygens (including phenoxy) is 1. The number of carbonyl (C=O) groups excluding carboxylic acids is 2. The Morgan fingerprint density at radius 2 is 1.79 bits per heavy atom. The average molecular weight is 464 g/mol. The van der Waals surface area contributed by atoms with E-state index in [1.165, 1.54) is 0 Å². The molecule has 170 valence electrons. The molecule has 6 nitrogen and oxygen atoms in total. The molecule has 2 aromatic carbocycles. The summed E-state index contributed by atoms with van der Waals surface area (Å²) >= 11 is 6.56. The Hall–Kier alpha value is -3.25. The average Bonchev–Trinajstić information content (AvgIpc) is 3.77. The SMILES string of the molecule is COc1cc(-n2cccc2)c(Cl)cc1C(=O)N(Cc1ccc(C(=O)NC2CC2)cc1)C1CC1. The predicted octanol–water partition coefficient (Wildman–Crippen LogP) is 4.84. The monoisotopic (exact) mass is 463 g/mol. The van der Waals surface area contributed by atoms with Crippen LogP contribution in [0.3, 0.4) is 0 Å². The topological polar surface area (TPSA) is 63.6 Å². The number of carbonyl (C=O) groups is 2. The van der Waals surface area contributed by atoms with E-state index < -0.39 is 0 Å². The van der Waals surface area contributed by atoms with Crippen LogP contribution in [0.25, 0.3) is 5.69 Å². The highest BCUT2D eigenvalue weighted by Gasteiger charge is 2.34. The highest BCUT2D eigenvalue weighted by atomic mass is 35.5. The van der Waals surface area contributed by atoms with E-state index in [0.29, 0.717) is 34.5 Å². The smallest absolute Gasteiger partial charge is 0.258 e. The highest BCUT2D eigenvalue weighted by Crippen LogP contribution is 2.35. The molecule has 1 N–H and O–H groups in total. The second kappa shape index (κ2) is 8.94. The second-order valence-corrected chi connectivity index (χ2v) is 9.11. The first kappa shape index (κ1) is 21.6. The Morgan fingerprint density at radius 1 is 1.09 bits per heavy atom. The lowest BCUT2D eigenvalue weighted by Crippen LogP contribution is -2.33. The van der Waals surface area contributed by atoms with Crippen LogP contribution >= 0.6 is 11.6 Å². The van der Waals surface area contributed by atoms with E-state index in [1.807, 2.05) is 58.3 Å². The van der Waals surface area contributed by atoms with Gasteiger partial charge in [-0.25, -0.2) is 0 Å². The number of rotatable bonds is 8. The Morgan fingerprint density at radius 3 is 2.39 bits per heavy atom. The number of benzene rings is 2. The molecule has 2 aliphatic rings. The Labute approximate surface area is 198 Å². The molecule has 2 saturated carbocycles. The summed E-state index contributed by atoms with van der Waals surface area (Å²) in [6.07, 6.45) is 7.86. The van der Waals surface area contributed by atoms with Crippen LogP contribution in [0.15, 0.2) is 60.9 Å². The summed E-state index contributed by atoms with van der Waals surface area (Å²) in [6, 6.07) is 15.3. The van der Waals surface area contributed by atoms with Gasteiger partial charge in [0.1, 0.15) is 5.75 Å². The quantitative estimate of drug-likeness (QED) is 0.520. The number of amides is 2. The molecule has 2 aliphatic carbocycles. The van der Waals surface area contributed by atoms with Crippen LogP contribution in [0.2, 0.25) is 5.02 Å². The number of nitrogens with one attached hydrogen (secondary N) is 1. The van der Waals surface area contributed by atoms with Crippen molar-refractivity contribution in [3.63, 3.8) is 0 Å². The lowest BCUT2D eigenvalue weighted by molar-refractivity contribution is 0.0726. The number of halogens is 1. The minimum Gasteiger partial charge on any atom is -0.496 e. The number of hydrogen-bond acceptors (Lipinski definition) is 3. The van der Waals surface area contributed by atoms with Crippen molar-refractivity contribution in [3.8, 4) is 11.4 Å². The third kappa shape index (κ3) is 4.76. The van der Waals surface area contributed by atoms with Crippen molar-refractivity contribution >= 4 is 23.4 Å². The van der Waals surface area contributed by atoms with E-state index in [4.69, 9.17) is 16.3 Å². The molecule has 0 unspecified atom stereocenters. The number of nitrogens with zero attached hydrogens (tertiary/aromatic N) is 2. The minimum atomic E-state index is -0.106. The molecule has 33 heavy (non-hydrogen) atoms. The number of aromatic nitrogens is 1. The molecular weight excluding hydrogens is 438 g/mol. The Bertz CT molecular complexity index is 1170. The third-order valence-electron chi connectivity index (χ3n) is 6.11. The fraction of sp³-hybridized carbons (Fsp3) is 0.308. The normalized spacial score (nSPS) is 15.2. The van der Waals surface area contributed by atoms with Gasteiger partial charge in [-0.15, -0.1) is 0 Å². The fourth-order valence-corrected chi connectivity index (χ4v) is 4.20. The van der Waals surface area contributed by atoms with Gasteiger partial charge < -0.3 is 19.5 Å². The molecular formula is C26H26ClN3O3. The van der Waals surface area contributed by atoms with Crippen molar-refractivity contribution in [1.29, 1.82) is 0 Å². The first-order valence-electron chi connectivity index (χ1n) is 11.2. The third-order valence-corrected chi connectivity index (χ3v) is 6.41. The van der Waals surface area contributed by atoms with Crippen molar-refractivity contribution in [2.45, 2.75) is 44.3 Å². The molecule has 0 saturated heterocycles. The van der Waals surface area contributed by atoms with Crippen LogP contribution in [0.5, 0.6) is 5.75 Å². The van der Waals surface area contributed by atoms with Crippen LogP contribution in [-0.4, -0.2) is 40.5 Å². The minimum absolute atomic E-state index is 0.0404. The predicted molar refractivity (Wildman–Crippen MR) is 127 cm³/mol. The van der Waals surface area contributed by atoms with Crippen molar-refractivity contribution in [1.82, 2.24) is 14.8 Å². The summed E-state index contributed by atoms with van der Waals surface area (Å²) in [4.78, 5) is 27.7. The summed E-state index contributed by atoms with van der Waals surface area (Å²) in [5.41, 5.74) is 2.83. The van der Waals surface area contributed by atoms with Crippen LogP contribution in [0, 0.1) is 0 Å².